The summed E-state index contributed by atoms with van der Waals surface area (Å²) in [5, 5.41) is 2.77. The Kier molecular flexibility index (Phi) is 4.58. The number of rotatable bonds is 4. The molecular formula is C17H18FNO2. The van der Waals surface area contributed by atoms with Crippen LogP contribution in [-0.2, 0) is 0 Å². The number of ether oxygens (including phenoxy) is 1. The Balaban J connectivity index is 2.26. The third-order valence-electron chi connectivity index (χ3n) is 3.25. The lowest BCUT2D eigenvalue weighted by Crippen LogP contribution is -2.15. The van der Waals surface area contributed by atoms with Crippen LogP contribution in [0.5, 0.6) is 5.75 Å². The fourth-order valence-electron chi connectivity index (χ4n) is 2.11. The summed E-state index contributed by atoms with van der Waals surface area (Å²) in [6.07, 6.45) is 0. The monoisotopic (exact) mass is 287 g/mol. The Bertz CT molecular complexity index is 653. The Labute approximate surface area is 123 Å². The molecule has 0 spiro atoms. The summed E-state index contributed by atoms with van der Waals surface area (Å²) in [5.74, 6) is -0.425. The molecule has 0 radical (unpaired) electrons. The minimum atomic E-state index is -0.603. The van der Waals surface area contributed by atoms with Crippen molar-refractivity contribution in [3.8, 4) is 5.75 Å². The van der Waals surface area contributed by atoms with E-state index in [1.165, 1.54) is 19.2 Å². The molecule has 0 saturated carbocycles. The average molecular weight is 287 g/mol. The fourth-order valence-corrected chi connectivity index (χ4v) is 2.11. The maximum Gasteiger partial charge on any atom is 0.258 e. The number of nitrogens with one attached hydrogen (secondary N) is 1. The van der Waals surface area contributed by atoms with Crippen LogP contribution in [0.3, 0.4) is 0 Å². The first-order chi connectivity index (χ1) is 10.0. The highest BCUT2D eigenvalue weighted by atomic mass is 19.1. The third kappa shape index (κ3) is 3.40. The first kappa shape index (κ1) is 15.0. The van der Waals surface area contributed by atoms with Crippen LogP contribution in [0.4, 0.5) is 10.1 Å². The Morgan fingerprint density at radius 2 is 1.90 bits per heavy atom. The lowest BCUT2D eigenvalue weighted by Gasteiger charge is -2.14. The number of benzene rings is 2. The van der Waals surface area contributed by atoms with Crippen LogP contribution in [0.2, 0.25) is 0 Å². The molecule has 0 aliphatic carbocycles. The van der Waals surface area contributed by atoms with Gasteiger partial charge in [-0.1, -0.05) is 32.0 Å². The van der Waals surface area contributed by atoms with Gasteiger partial charge in [0.15, 0.2) is 0 Å². The molecule has 0 bridgehead atoms. The van der Waals surface area contributed by atoms with Gasteiger partial charge in [-0.25, -0.2) is 4.39 Å². The summed E-state index contributed by atoms with van der Waals surface area (Å²) in [6.45, 7) is 4.08. The molecule has 0 aromatic heterocycles. The number of carbonyl (C=O) groups excluding carboxylic acids is 1. The van der Waals surface area contributed by atoms with Crippen molar-refractivity contribution in [1.29, 1.82) is 0 Å². The van der Waals surface area contributed by atoms with Crippen molar-refractivity contribution in [3.05, 3.63) is 59.4 Å². The van der Waals surface area contributed by atoms with Crippen molar-refractivity contribution in [2.75, 3.05) is 12.4 Å². The SMILES string of the molecule is COc1ccc(C(=O)Nc2ccccc2C(C)C)c(F)c1. The summed E-state index contributed by atoms with van der Waals surface area (Å²) in [5.41, 5.74) is 1.71. The lowest BCUT2D eigenvalue weighted by molar-refractivity contribution is 0.102. The minimum absolute atomic E-state index is 0.00522. The van der Waals surface area contributed by atoms with Crippen LogP contribution in [0.25, 0.3) is 0 Å². The molecule has 0 saturated heterocycles. The summed E-state index contributed by atoms with van der Waals surface area (Å²) in [6, 6.07) is 11.7. The molecule has 4 heteroatoms. The molecular weight excluding hydrogens is 269 g/mol. The smallest absolute Gasteiger partial charge is 0.258 e. The van der Waals surface area contributed by atoms with Crippen LogP contribution >= 0.6 is 0 Å². The Hall–Kier alpha value is -2.36. The van der Waals surface area contributed by atoms with Crippen molar-refractivity contribution in [2.45, 2.75) is 19.8 Å². The number of para-hydroxylation sites is 1. The maximum absolute atomic E-state index is 13.9. The predicted molar refractivity (Wildman–Crippen MR) is 81.4 cm³/mol. The minimum Gasteiger partial charge on any atom is -0.497 e. The summed E-state index contributed by atoms with van der Waals surface area (Å²) < 4.78 is 18.8. The molecule has 1 N–H and O–H groups in total. The molecule has 0 aliphatic heterocycles. The van der Waals surface area contributed by atoms with Crippen molar-refractivity contribution in [2.24, 2.45) is 0 Å². The normalized spacial score (nSPS) is 10.5. The van der Waals surface area contributed by atoms with Gasteiger partial charge in [-0.3, -0.25) is 4.79 Å². The molecule has 0 unspecified atom stereocenters. The van der Waals surface area contributed by atoms with E-state index in [1.54, 1.807) is 6.07 Å². The molecule has 110 valence electrons. The first-order valence-electron chi connectivity index (χ1n) is 6.76. The number of hydrogen-bond donors (Lipinski definition) is 1. The van der Waals surface area contributed by atoms with E-state index in [1.807, 2.05) is 38.1 Å². The zero-order valence-corrected chi connectivity index (χ0v) is 12.3. The van der Waals surface area contributed by atoms with Crippen molar-refractivity contribution in [1.82, 2.24) is 0 Å². The van der Waals surface area contributed by atoms with Crippen molar-refractivity contribution >= 4 is 11.6 Å². The van der Waals surface area contributed by atoms with Gasteiger partial charge >= 0.3 is 0 Å². The van der Waals surface area contributed by atoms with Gasteiger partial charge in [0.25, 0.3) is 5.91 Å². The predicted octanol–water partition coefficient (Wildman–Crippen LogP) is 4.21. The molecule has 21 heavy (non-hydrogen) atoms. The maximum atomic E-state index is 13.9. The first-order valence-corrected chi connectivity index (χ1v) is 6.76. The molecule has 3 nitrogen and oxygen atoms in total. The second kappa shape index (κ2) is 6.39. The van der Waals surface area contributed by atoms with E-state index in [4.69, 9.17) is 4.74 Å². The number of amides is 1. The quantitative estimate of drug-likeness (QED) is 0.914. The van der Waals surface area contributed by atoms with Gasteiger partial charge in [-0.05, 0) is 29.7 Å². The van der Waals surface area contributed by atoms with Gasteiger partial charge in [0.05, 0.1) is 12.7 Å². The number of methoxy groups -OCH3 is 1. The van der Waals surface area contributed by atoms with Gasteiger partial charge in [-0.15, -0.1) is 0 Å². The number of hydrogen-bond acceptors (Lipinski definition) is 2. The molecule has 0 aliphatic rings. The van der Waals surface area contributed by atoms with Gasteiger partial charge in [0.2, 0.25) is 0 Å². The van der Waals surface area contributed by atoms with Crippen LogP contribution in [0, 0.1) is 5.82 Å². The zero-order valence-electron chi connectivity index (χ0n) is 12.3. The summed E-state index contributed by atoms with van der Waals surface area (Å²) in [7, 11) is 1.45. The lowest BCUT2D eigenvalue weighted by atomic mass is 10.0. The van der Waals surface area contributed by atoms with E-state index >= 15 is 0 Å². The van der Waals surface area contributed by atoms with Gasteiger partial charge in [0, 0.05) is 11.8 Å². The molecule has 2 aromatic rings. The molecule has 0 heterocycles. The zero-order chi connectivity index (χ0) is 15.4. The topological polar surface area (TPSA) is 38.3 Å². The Morgan fingerprint density at radius 3 is 2.52 bits per heavy atom. The highest BCUT2D eigenvalue weighted by molar-refractivity contribution is 6.05. The summed E-state index contributed by atoms with van der Waals surface area (Å²) >= 11 is 0. The van der Waals surface area contributed by atoms with E-state index in [9.17, 15) is 9.18 Å². The highest BCUT2D eigenvalue weighted by Gasteiger charge is 2.15. The van der Waals surface area contributed by atoms with Crippen LogP contribution in [-0.4, -0.2) is 13.0 Å². The van der Waals surface area contributed by atoms with E-state index in [0.29, 0.717) is 11.4 Å². The van der Waals surface area contributed by atoms with Crippen LogP contribution in [0.1, 0.15) is 35.7 Å². The fraction of sp³-hybridized carbons (Fsp3) is 0.235. The van der Waals surface area contributed by atoms with Gasteiger partial charge in [-0.2, -0.15) is 0 Å². The average Bonchev–Trinajstić information content (AvgIpc) is 2.47. The van der Waals surface area contributed by atoms with E-state index in [0.717, 1.165) is 5.56 Å². The second-order valence-electron chi connectivity index (χ2n) is 5.04. The standard InChI is InChI=1S/C17H18FNO2/c1-11(2)13-6-4-5-7-16(13)19-17(20)14-9-8-12(21-3)10-15(14)18/h4-11H,1-3H3,(H,19,20). The van der Waals surface area contributed by atoms with E-state index in [2.05, 4.69) is 5.32 Å². The second-order valence-corrected chi connectivity index (χ2v) is 5.04. The Morgan fingerprint density at radius 1 is 1.19 bits per heavy atom. The molecule has 2 aromatic carbocycles. The molecule has 0 atom stereocenters. The molecule has 0 fully saturated rings. The summed E-state index contributed by atoms with van der Waals surface area (Å²) in [4.78, 5) is 12.2. The van der Waals surface area contributed by atoms with E-state index < -0.39 is 11.7 Å². The molecule has 1 amide bonds. The van der Waals surface area contributed by atoms with Crippen LogP contribution in [0.15, 0.2) is 42.5 Å². The van der Waals surface area contributed by atoms with Gasteiger partial charge in [0.1, 0.15) is 11.6 Å². The highest BCUT2D eigenvalue weighted by Crippen LogP contribution is 2.25. The van der Waals surface area contributed by atoms with E-state index in [-0.39, 0.29) is 11.5 Å². The third-order valence-corrected chi connectivity index (χ3v) is 3.25. The van der Waals surface area contributed by atoms with Crippen molar-refractivity contribution in [3.63, 3.8) is 0 Å². The number of anilines is 1. The largest absolute Gasteiger partial charge is 0.497 e. The number of halogens is 1. The van der Waals surface area contributed by atoms with Crippen molar-refractivity contribution < 1.29 is 13.9 Å². The number of carbonyl (C=O) groups is 1. The molecule has 2 rings (SSSR count). The van der Waals surface area contributed by atoms with Crippen LogP contribution < -0.4 is 10.1 Å². The van der Waals surface area contributed by atoms with Gasteiger partial charge < -0.3 is 10.1 Å².